The predicted octanol–water partition coefficient (Wildman–Crippen LogP) is 3.46. The minimum Gasteiger partial charge on any atom is -0.495 e. The van der Waals surface area contributed by atoms with Gasteiger partial charge in [-0.3, -0.25) is 0 Å². The van der Waals surface area contributed by atoms with Crippen LogP contribution in [0.2, 0.25) is 5.02 Å². The zero-order valence-corrected chi connectivity index (χ0v) is 13.0. The summed E-state index contributed by atoms with van der Waals surface area (Å²) < 4.78 is 12.3. The largest absolute Gasteiger partial charge is 0.495 e. The van der Waals surface area contributed by atoms with Gasteiger partial charge in [-0.2, -0.15) is 0 Å². The van der Waals surface area contributed by atoms with Crippen LogP contribution in [0.5, 0.6) is 11.5 Å². The Balaban J connectivity index is 2.72. The van der Waals surface area contributed by atoms with E-state index in [1.54, 1.807) is 36.8 Å². The lowest BCUT2D eigenvalue weighted by atomic mass is 10.2. The molecule has 0 atom stereocenters. The molecule has 0 bridgehead atoms. The maximum Gasteiger partial charge on any atom is 0.337 e. The average molecular weight is 310 g/mol. The lowest BCUT2D eigenvalue weighted by molar-refractivity contribution is 0.0696. The highest BCUT2D eigenvalue weighted by Gasteiger charge is 2.19. The van der Waals surface area contributed by atoms with Gasteiger partial charge in [0.25, 0.3) is 0 Å². The molecule has 2 aromatic rings. The van der Waals surface area contributed by atoms with Crippen molar-refractivity contribution in [1.29, 1.82) is 0 Å². The summed E-state index contributed by atoms with van der Waals surface area (Å²) in [6.07, 6.45) is 0. The number of methoxy groups -OCH3 is 2. The smallest absolute Gasteiger partial charge is 0.337 e. The summed E-state index contributed by atoms with van der Waals surface area (Å²) in [5.74, 6) is 0.0844. The molecular weight excluding hydrogens is 294 g/mol. The van der Waals surface area contributed by atoms with Crippen molar-refractivity contribution in [3.8, 4) is 17.2 Å². The van der Waals surface area contributed by atoms with E-state index in [-0.39, 0.29) is 5.56 Å². The van der Waals surface area contributed by atoms with Crippen LogP contribution >= 0.6 is 11.6 Å². The van der Waals surface area contributed by atoms with E-state index in [0.717, 1.165) is 5.69 Å². The van der Waals surface area contributed by atoms with Crippen molar-refractivity contribution in [2.24, 2.45) is 0 Å². The van der Waals surface area contributed by atoms with Crippen molar-refractivity contribution in [3.05, 3.63) is 40.2 Å². The summed E-state index contributed by atoms with van der Waals surface area (Å²) in [6.45, 7) is 3.57. The number of benzene rings is 1. The Labute approximate surface area is 127 Å². The first-order valence-corrected chi connectivity index (χ1v) is 6.62. The molecule has 0 saturated carbocycles. The Morgan fingerprint density at radius 1 is 1.14 bits per heavy atom. The van der Waals surface area contributed by atoms with Gasteiger partial charge in [-0.05, 0) is 26.0 Å². The van der Waals surface area contributed by atoms with Crippen molar-refractivity contribution < 1.29 is 19.4 Å². The summed E-state index contributed by atoms with van der Waals surface area (Å²) in [4.78, 5) is 11.2. The number of aryl methyl sites for hydroxylation is 1. The van der Waals surface area contributed by atoms with E-state index in [4.69, 9.17) is 21.1 Å². The summed E-state index contributed by atoms with van der Waals surface area (Å²) in [5.41, 5.74) is 2.32. The first-order valence-electron chi connectivity index (χ1n) is 6.24. The summed E-state index contributed by atoms with van der Waals surface area (Å²) >= 11 is 6.17. The molecule has 1 aromatic carbocycles. The Morgan fingerprint density at radius 3 is 2.24 bits per heavy atom. The van der Waals surface area contributed by atoms with E-state index in [2.05, 4.69) is 0 Å². The topological polar surface area (TPSA) is 60.7 Å². The number of nitrogens with zero attached hydrogens (tertiary/aromatic N) is 1. The molecule has 0 aliphatic heterocycles. The standard InChI is InChI=1S/C15H16ClNO4/c1-8-5-10(15(18)19)9(2)17(8)12-6-11(16)13(20-3)7-14(12)21-4/h5-7H,1-4H3,(H,18,19). The first-order chi connectivity index (χ1) is 9.90. The molecule has 0 unspecified atom stereocenters. The van der Waals surface area contributed by atoms with Crippen molar-refractivity contribution in [2.75, 3.05) is 14.2 Å². The van der Waals surface area contributed by atoms with Gasteiger partial charge in [0, 0.05) is 17.5 Å². The van der Waals surface area contributed by atoms with Gasteiger partial charge in [0.2, 0.25) is 0 Å². The normalized spacial score (nSPS) is 10.5. The third-order valence-electron chi connectivity index (χ3n) is 3.36. The van der Waals surface area contributed by atoms with E-state index >= 15 is 0 Å². The van der Waals surface area contributed by atoms with E-state index in [1.165, 1.54) is 7.11 Å². The van der Waals surface area contributed by atoms with Gasteiger partial charge in [-0.25, -0.2) is 4.79 Å². The van der Waals surface area contributed by atoms with Gasteiger partial charge >= 0.3 is 5.97 Å². The molecule has 6 heteroatoms. The SMILES string of the molecule is COc1cc(OC)c(-n2c(C)cc(C(=O)O)c2C)cc1Cl. The van der Waals surface area contributed by atoms with Crippen molar-refractivity contribution in [1.82, 2.24) is 4.57 Å². The van der Waals surface area contributed by atoms with E-state index in [9.17, 15) is 9.90 Å². The highest BCUT2D eigenvalue weighted by molar-refractivity contribution is 6.32. The van der Waals surface area contributed by atoms with E-state index in [1.807, 2.05) is 6.92 Å². The number of halogens is 1. The molecule has 1 N–H and O–H groups in total. The van der Waals surface area contributed by atoms with Crippen LogP contribution in [0, 0.1) is 13.8 Å². The average Bonchev–Trinajstić information content (AvgIpc) is 2.74. The van der Waals surface area contributed by atoms with Gasteiger partial charge in [0.1, 0.15) is 11.5 Å². The van der Waals surface area contributed by atoms with Crippen LogP contribution in [0.15, 0.2) is 18.2 Å². The van der Waals surface area contributed by atoms with Crippen molar-refractivity contribution >= 4 is 17.6 Å². The first kappa shape index (κ1) is 15.3. The fourth-order valence-electron chi connectivity index (χ4n) is 2.37. The third-order valence-corrected chi connectivity index (χ3v) is 3.65. The predicted molar refractivity (Wildman–Crippen MR) is 80.3 cm³/mol. The maximum absolute atomic E-state index is 11.2. The number of hydrogen-bond donors (Lipinski definition) is 1. The molecule has 0 saturated heterocycles. The molecule has 0 amide bonds. The quantitative estimate of drug-likeness (QED) is 0.939. The number of rotatable bonds is 4. The minimum absolute atomic E-state index is 0.251. The monoisotopic (exact) mass is 309 g/mol. The van der Waals surface area contributed by atoms with Gasteiger partial charge in [-0.15, -0.1) is 0 Å². The van der Waals surface area contributed by atoms with Crippen LogP contribution in [0.4, 0.5) is 0 Å². The second kappa shape index (κ2) is 5.69. The zero-order valence-electron chi connectivity index (χ0n) is 12.2. The van der Waals surface area contributed by atoms with Crippen molar-refractivity contribution in [3.63, 3.8) is 0 Å². The van der Waals surface area contributed by atoms with Crippen LogP contribution < -0.4 is 9.47 Å². The fraction of sp³-hybridized carbons (Fsp3) is 0.267. The minimum atomic E-state index is -0.965. The Bertz CT molecular complexity index is 706. The molecule has 0 spiro atoms. The lowest BCUT2D eigenvalue weighted by Gasteiger charge is -2.16. The van der Waals surface area contributed by atoms with Crippen LogP contribution in [-0.2, 0) is 0 Å². The van der Waals surface area contributed by atoms with Gasteiger partial charge in [-0.1, -0.05) is 11.6 Å². The summed E-state index contributed by atoms with van der Waals surface area (Å²) in [6, 6.07) is 5.00. The van der Waals surface area contributed by atoms with E-state index in [0.29, 0.717) is 27.9 Å². The molecule has 0 aliphatic rings. The number of carboxylic acid groups (broad SMARTS) is 1. The van der Waals surface area contributed by atoms with Crippen LogP contribution in [-0.4, -0.2) is 29.9 Å². The molecule has 1 heterocycles. The fourth-order valence-corrected chi connectivity index (χ4v) is 2.60. The van der Waals surface area contributed by atoms with Gasteiger partial charge in [0.15, 0.2) is 0 Å². The molecule has 0 radical (unpaired) electrons. The second-order valence-electron chi connectivity index (χ2n) is 4.58. The molecule has 112 valence electrons. The molecule has 5 nitrogen and oxygen atoms in total. The van der Waals surface area contributed by atoms with Gasteiger partial charge in [0.05, 0.1) is 30.5 Å². The van der Waals surface area contributed by atoms with Crippen molar-refractivity contribution in [2.45, 2.75) is 13.8 Å². The number of hydrogen-bond acceptors (Lipinski definition) is 3. The number of ether oxygens (including phenoxy) is 2. The number of aromatic carboxylic acids is 1. The Kier molecular flexibility index (Phi) is 4.14. The molecule has 21 heavy (non-hydrogen) atoms. The summed E-state index contributed by atoms with van der Waals surface area (Å²) in [7, 11) is 3.06. The lowest BCUT2D eigenvalue weighted by Crippen LogP contribution is -2.04. The molecule has 2 rings (SSSR count). The maximum atomic E-state index is 11.2. The number of carbonyl (C=O) groups is 1. The highest BCUT2D eigenvalue weighted by atomic mass is 35.5. The van der Waals surface area contributed by atoms with Crippen LogP contribution in [0.3, 0.4) is 0 Å². The second-order valence-corrected chi connectivity index (χ2v) is 4.99. The van der Waals surface area contributed by atoms with E-state index < -0.39 is 5.97 Å². The van der Waals surface area contributed by atoms with Crippen LogP contribution in [0.1, 0.15) is 21.7 Å². The summed E-state index contributed by atoms with van der Waals surface area (Å²) in [5, 5.41) is 9.65. The highest BCUT2D eigenvalue weighted by Crippen LogP contribution is 2.36. The Hall–Kier alpha value is -2.14. The number of carboxylic acids is 1. The molecular formula is C15H16ClNO4. The molecule has 0 fully saturated rings. The number of aromatic nitrogens is 1. The molecule has 0 aliphatic carbocycles. The molecule has 1 aromatic heterocycles. The van der Waals surface area contributed by atoms with Gasteiger partial charge < -0.3 is 19.1 Å². The zero-order chi connectivity index (χ0) is 15.7. The third kappa shape index (κ3) is 2.56. The Morgan fingerprint density at radius 2 is 1.76 bits per heavy atom. The van der Waals surface area contributed by atoms with Crippen LogP contribution in [0.25, 0.3) is 5.69 Å².